The highest BCUT2D eigenvalue weighted by Gasteiger charge is 2.65. The van der Waals surface area contributed by atoms with Crippen LogP contribution in [0.3, 0.4) is 0 Å². The van der Waals surface area contributed by atoms with Crippen molar-refractivity contribution in [2.75, 3.05) is 39.6 Å². The summed E-state index contributed by atoms with van der Waals surface area (Å²) >= 11 is 0. The first-order valence-corrected chi connectivity index (χ1v) is 21.9. The maximum absolute atomic E-state index is 14.3. The average Bonchev–Trinajstić information content (AvgIpc) is 3.24. The van der Waals surface area contributed by atoms with E-state index in [0.29, 0.717) is 50.3 Å². The molecule has 322 valence electrons. The fourth-order valence-electron chi connectivity index (χ4n) is 9.47. The molecule has 11 heteroatoms. The number of oxime groups is 1. The van der Waals surface area contributed by atoms with E-state index in [-0.39, 0.29) is 50.6 Å². The zero-order valence-corrected chi connectivity index (χ0v) is 35.4. The van der Waals surface area contributed by atoms with E-state index in [4.69, 9.17) is 33.7 Å². The molecule has 1 amide bonds. The summed E-state index contributed by atoms with van der Waals surface area (Å²) < 4.78 is 32.9. The molecule has 0 bridgehead atoms. The number of ether oxygens (including phenoxy) is 5. The second-order valence-corrected chi connectivity index (χ2v) is 16.4. The van der Waals surface area contributed by atoms with E-state index in [1.165, 1.54) is 5.56 Å². The number of rotatable bonds is 21. The Kier molecular flexibility index (Phi) is 16.1. The molecule has 0 radical (unpaired) electrons. The van der Waals surface area contributed by atoms with Crippen LogP contribution in [0.5, 0.6) is 17.2 Å². The minimum atomic E-state index is -1.37. The van der Waals surface area contributed by atoms with Crippen LogP contribution in [0.1, 0.15) is 107 Å². The molecule has 2 aromatic rings. The van der Waals surface area contributed by atoms with Crippen LogP contribution in [-0.2, 0) is 19.0 Å². The van der Waals surface area contributed by atoms with Crippen molar-refractivity contribution in [1.82, 2.24) is 4.90 Å². The number of amides is 1. The highest BCUT2D eigenvalue weighted by molar-refractivity contribution is 6.03. The van der Waals surface area contributed by atoms with Gasteiger partial charge < -0.3 is 38.7 Å². The Morgan fingerprint density at radius 1 is 1.00 bits per heavy atom. The third kappa shape index (κ3) is 10.2. The average molecular weight is 815 g/mol. The molecular weight excluding hydrogens is 749 g/mol. The number of aliphatic hydroxyl groups is 2. The molecule has 2 aliphatic carbocycles. The van der Waals surface area contributed by atoms with Crippen molar-refractivity contribution < 1.29 is 43.5 Å². The van der Waals surface area contributed by atoms with Gasteiger partial charge in [-0.25, -0.2) is 4.79 Å². The lowest BCUT2D eigenvalue weighted by atomic mass is 9.55. The number of carbonyl (C=O) groups is 1. The van der Waals surface area contributed by atoms with E-state index in [0.717, 1.165) is 73.1 Å². The molecule has 1 saturated carbocycles. The van der Waals surface area contributed by atoms with Gasteiger partial charge in [-0.15, -0.1) is 13.2 Å². The third-order valence-electron chi connectivity index (χ3n) is 12.4. The summed E-state index contributed by atoms with van der Waals surface area (Å²) in [6, 6.07) is 11.5. The first kappa shape index (κ1) is 44.4. The van der Waals surface area contributed by atoms with Crippen LogP contribution in [0.15, 0.2) is 78.5 Å². The second kappa shape index (κ2) is 21.4. The van der Waals surface area contributed by atoms with Gasteiger partial charge in [0.2, 0.25) is 12.1 Å². The topological polar surface area (TPSA) is 129 Å². The summed E-state index contributed by atoms with van der Waals surface area (Å²) in [6.07, 6.45) is 13.8. The molecule has 2 fully saturated rings. The van der Waals surface area contributed by atoms with Crippen LogP contribution in [-0.4, -0.2) is 84.6 Å². The van der Waals surface area contributed by atoms with Crippen LogP contribution >= 0.6 is 0 Å². The zero-order valence-electron chi connectivity index (χ0n) is 35.4. The number of fused-ring (bicyclic) bond motifs is 2. The van der Waals surface area contributed by atoms with Crippen LogP contribution in [0, 0.1) is 31.6 Å². The molecule has 0 aromatic heterocycles. The van der Waals surface area contributed by atoms with Crippen molar-refractivity contribution in [2.24, 2.45) is 22.9 Å². The predicted octanol–water partition coefficient (Wildman–Crippen LogP) is 9.68. The Morgan fingerprint density at radius 3 is 2.49 bits per heavy atom. The number of aryl methyl sites for hydroxylation is 2. The first-order valence-electron chi connectivity index (χ1n) is 21.9. The number of carbonyl (C=O) groups excluding carboxylic acids is 1. The lowest BCUT2D eigenvalue weighted by Crippen LogP contribution is -2.70. The number of unbranched alkanes of at least 4 members (excludes halogenated alkanes) is 2. The van der Waals surface area contributed by atoms with Crippen molar-refractivity contribution in [1.29, 1.82) is 0 Å². The van der Waals surface area contributed by atoms with Gasteiger partial charge >= 0.3 is 6.09 Å². The number of benzene rings is 2. The van der Waals surface area contributed by atoms with Crippen molar-refractivity contribution in [3.63, 3.8) is 0 Å². The van der Waals surface area contributed by atoms with Crippen molar-refractivity contribution in [3.8, 4) is 17.2 Å². The van der Waals surface area contributed by atoms with Crippen LogP contribution < -0.4 is 9.47 Å². The SMILES string of the molecule is C=CCCOC(=O)N(CCC)[C@H]1CC(=NOC2CCCCO2)C2=C[C@H](CCCCO)[C@@H](CCCCO)[C@@H]3c4cc(Oc5ccc(C)c(C)c5)ccc4O[C@@]1(OCC=C)[C@H]23. The molecule has 6 rings (SSSR count). The highest BCUT2D eigenvalue weighted by Crippen LogP contribution is 2.62. The standard InChI is InChI=1S/C48H66N2O9/c1-6-9-27-55-47(53)50(23-7-2)43-32-41(49-59-44-18-12-15-28-54-44)39-30-35(16-10-13-24-51)38(17-11-14-25-52)45-40-31-37(57-36-20-19-33(4)34(5)29-36)21-22-42(40)58-48(43,46(39)45)56-26-8-3/h6,8,19-22,29-31,35,38,43-46,51-52H,1,3,7,9-18,23-28,32H2,2,4-5H3/t35-,38+,43-,44?,45+,46+,48+/m0/s1. The quantitative estimate of drug-likeness (QED) is 0.0719. The number of hydrogen-bond acceptors (Lipinski definition) is 10. The summed E-state index contributed by atoms with van der Waals surface area (Å²) in [4.78, 5) is 22.3. The Bertz CT molecular complexity index is 1790. The molecule has 0 spiro atoms. The largest absolute Gasteiger partial charge is 0.459 e. The van der Waals surface area contributed by atoms with E-state index >= 15 is 0 Å². The summed E-state index contributed by atoms with van der Waals surface area (Å²) in [5, 5.41) is 24.8. The Labute approximate surface area is 351 Å². The van der Waals surface area contributed by atoms with Crippen molar-refractivity contribution >= 4 is 11.8 Å². The zero-order chi connectivity index (χ0) is 41.8. The first-order chi connectivity index (χ1) is 28.8. The van der Waals surface area contributed by atoms with E-state index < -0.39 is 30.1 Å². The number of aliphatic hydroxyl groups excluding tert-OH is 2. The van der Waals surface area contributed by atoms with E-state index in [1.54, 1.807) is 17.1 Å². The molecule has 2 N–H and O–H groups in total. The molecule has 59 heavy (non-hydrogen) atoms. The van der Waals surface area contributed by atoms with Gasteiger partial charge in [0.15, 0.2) is 0 Å². The summed E-state index contributed by atoms with van der Waals surface area (Å²) in [5.41, 5.74) is 5.03. The van der Waals surface area contributed by atoms with Gasteiger partial charge in [0.25, 0.3) is 0 Å². The molecule has 4 aliphatic rings. The number of allylic oxidation sites excluding steroid dienone is 1. The van der Waals surface area contributed by atoms with E-state index in [1.807, 2.05) is 25.1 Å². The monoisotopic (exact) mass is 814 g/mol. The molecule has 2 aromatic carbocycles. The normalized spacial score (nSPS) is 26.5. The van der Waals surface area contributed by atoms with Gasteiger partial charge in [-0.3, -0.25) is 4.90 Å². The molecule has 11 nitrogen and oxygen atoms in total. The van der Waals surface area contributed by atoms with Gasteiger partial charge in [0, 0.05) is 44.1 Å². The van der Waals surface area contributed by atoms with Crippen LogP contribution in [0.4, 0.5) is 4.79 Å². The Balaban J connectivity index is 1.57. The summed E-state index contributed by atoms with van der Waals surface area (Å²) in [6.45, 7) is 15.7. The minimum Gasteiger partial charge on any atom is -0.459 e. The van der Waals surface area contributed by atoms with Crippen LogP contribution in [0.2, 0.25) is 0 Å². The smallest absolute Gasteiger partial charge is 0.410 e. The highest BCUT2D eigenvalue weighted by atomic mass is 16.8. The fraction of sp³-hybridized carbons (Fsp3) is 0.583. The molecule has 7 atom stereocenters. The maximum Gasteiger partial charge on any atom is 0.410 e. The molecule has 1 saturated heterocycles. The lowest BCUT2D eigenvalue weighted by molar-refractivity contribution is -0.255. The molecule has 2 aliphatic heterocycles. The van der Waals surface area contributed by atoms with E-state index in [2.05, 4.69) is 51.3 Å². The predicted molar refractivity (Wildman–Crippen MR) is 229 cm³/mol. The molecule has 2 heterocycles. The maximum atomic E-state index is 14.3. The van der Waals surface area contributed by atoms with Gasteiger partial charge in [-0.05, 0) is 124 Å². The Morgan fingerprint density at radius 2 is 1.78 bits per heavy atom. The second-order valence-electron chi connectivity index (χ2n) is 16.4. The van der Waals surface area contributed by atoms with Gasteiger partial charge in [-0.2, -0.15) is 0 Å². The van der Waals surface area contributed by atoms with Crippen molar-refractivity contribution in [2.45, 2.75) is 122 Å². The van der Waals surface area contributed by atoms with Crippen LogP contribution in [0.25, 0.3) is 0 Å². The van der Waals surface area contributed by atoms with E-state index in [9.17, 15) is 15.0 Å². The number of nitrogens with zero attached hydrogens (tertiary/aromatic N) is 2. The Hall–Kier alpha value is -4.16. The minimum absolute atomic E-state index is 0.0852. The van der Waals surface area contributed by atoms with Gasteiger partial charge in [0.05, 0.1) is 31.5 Å². The number of hydrogen-bond donors (Lipinski definition) is 2. The summed E-state index contributed by atoms with van der Waals surface area (Å²) in [7, 11) is 0. The molecular formula is C48H66N2O9. The van der Waals surface area contributed by atoms with Gasteiger partial charge in [0.1, 0.15) is 23.3 Å². The molecule has 1 unspecified atom stereocenters. The third-order valence-corrected chi connectivity index (χ3v) is 12.4. The fourth-order valence-corrected chi connectivity index (χ4v) is 9.47. The summed E-state index contributed by atoms with van der Waals surface area (Å²) in [5.74, 6) is 0.311. The van der Waals surface area contributed by atoms with Crippen molar-refractivity contribution in [3.05, 3.63) is 90.0 Å². The lowest BCUT2D eigenvalue weighted by Gasteiger charge is -2.60. The van der Waals surface area contributed by atoms with Gasteiger partial charge in [-0.1, -0.05) is 49.2 Å².